The lowest BCUT2D eigenvalue weighted by Gasteiger charge is -2.36. The molecule has 0 radical (unpaired) electrons. The van der Waals surface area contributed by atoms with Crippen LogP contribution >= 0.6 is 0 Å². The summed E-state index contributed by atoms with van der Waals surface area (Å²) in [5.74, 6) is -0.707. The van der Waals surface area contributed by atoms with E-state index in [0.717, 1.165) is 4.31 Å². The van der Waals surface area contributed by atoms with Crippen LogP contribution in [0, 0.1) is 0 Å². The van der Waals surface area contributed by atoms with Crippen LogP contribution in [-0.2, 0) is 19.6 Å². The number of hydrogen-bond donors (Lipinski definition) is 2. The molecule has 1 aliphatic rings. The van der Waals surface area contributed by atoms with Gasteiger partial charge >= 0.3 is 0 Å². The summed E-state index contributed by atoms with van der Waals surface area (Å²) in [6.45, 7) is 0. The number of hydrogen-bond acceptors (Lipinski definition) is 6. The largest absolute Gasteiger partial charge is 0.495 e. The van der Waals surface area contributed by atoms with Gasteiger partial charge in [-0.1, -0.05) is 30.3 Å². The number of carbonyl (C=O) groups excluding carboxylic acids is 2. The summed E-state index contributed by atoms with van der Waals surface area (Å²) < 4.78 is 34.6. The first-order valence-electron chi connectivity index (χ1n) is 11.1. The number of sulfonamides is 1. The van der Waals surface area contributed by atoms with Crippen molar-refractivity contribution >= 4 is 49.8 Å². The van der Waals surface area contributed by atoms with Gasteiger partial charge in [0.25, 0.3) is 10.0 Å². The maximum Gasteiger partial charge on any atom is 0.265 e. The van der Waals surface area contributed by atoms with E-state index in [0.29, 0.717) is 28.0 Å². The minimum Gasteiger partial charge on any atom is -0.495 e. The predicted octanol–water partition coefficient (Wildman–Crippen LogP) is 3.79. The number of aromatic nitrogens is 1. The molecule has 2 amide bonds. The van der Waals surface area contributed by atoms with Crippen LogP contribution in [0.1, 0.15) is 6.42 Å². The molecule has 0 unspecified atom stereocenters. The minimum atomic E-state index is -4.29. The summed E-state index contributed by atoms with van der Waals surface area (Å²) in [5.41, 5.74) is 1.52. The van der Waals surface area contributed by atoms with Crippen molar-refractivity contribution in [3.63, 3.8) is 0 Å². The zero-order valence-electron chi connectivity index (χ0n) is 19.2. The van der Waals surface area contributed by atoms with Crippen LogP contribution in [0.25, 0.3) is 10.9 Å². The third kappa shape index (κ3) is 4.11. The standard InChI is InChI=1S/C26H22N4O5S/c1-35-23-13-5-3-10-20(23)28-25(31)16-22-26(32)29-19-9-2-4-12-21(19)30(22)36(33,34)24-14-6-11-18-17(24)8-7-15-27-18/h2-15,22H,16H2,1H3,(H,28,31)(H,29,32)/t22-/m1/s1. The van der Waals surface area contributed by atoms with Gasteiger partial charge in [0.15, 0.2) is 0 Å². The van der Waals surface area contributed by atoms with Crippen molar-refractivity contribution in [1.29, 1.82) is 0 Å². The van der Waals surface area contributed by atoms with Gasteiger partial charge in [-0.15, -0.1) is 0 Å². The molecule has 0 spiro atoms. The number of amides is 2. The van der Waals surface area contributed by atoms with Crippen LogP contribution in [0.3, 0.4) is 0 Å². The lowest BCUT2D eigenvalue weighted by atomic mass is 10.1. The molecule has 0 fully saturated rings. The van der Waals surface area contributed by atoms with Crippen molar-refractivity contribution in [2.24, 2.45) is 0 Å². The Bertz CT molecular complexity index is 1580. The van der Waals surface area contributed by atoms with Crippen molar-refractivity contribution in [2.45, 2.75) is 17.4 Å². The Hall–Kier alpha value is -4.44. The Balaban J connectivity index is 1.58. The molecule has 0 bridgehead atoms. The van der Waals surface area contributed by atoms with E-state index >= 15 is 0 Å². The number of nitrogens with one attached hydrogen (secondary N) is 2. The molecule has 2 N–H and O–H groups in total. The molecule has 0 saturated heterocycles. The van der Waals surface area contributed by atoms with Crippen LogP contribution in [0.15, 0.2) is 90.0 Å². The molecule has 2 heterocycles. The molecule has 0 saturated carbocycles. The zero-order chi connectivity index (χ0) is 25.3. The fourth-order valence-corrected chi connectivity index (χ4v) is 6.10. The number of fused-ring (bicyclic) bond motifs is 2. The fourth-order valence-electron chi connectivity index (χ4n) is 4.27. The normalized spacial score (nSPS) is 15.2. The van der Waals surface area contributed by atoms with E-state index in [2.05, 4.69) is 15.6 Å². The highest BCUT2D eigenvalue weighted by Gasteiger charge is 2.42. The number of rotatable bonds is 6. The molecule has 1 atom stereocenters. The molecule has 1 aliphatic heterocycles. The van der Waals surface area contributed by atoms with Gasteiger partial charge in [-0.05, 0) is 48.5 Å². The Morgan fingerprint density at radius 1 is 1.03 bits per heavy atom. The highest BCUT2D eigenvalue weighted by atomic mass is 32.2. The summed E-state index contributed by atoms with van der Waals surface area (Å²) in [7, 11) is -2.81. The number of ether oxygens (including phenoxy) is 1. The number of nitrogens with zero attached hydrogens (tertiary/aromatic N) is 2. The van der Waals surface area contributed by atoms with E-state index in [9.17, 15) is 18.0 Å². The van der Waals surface area contributed by atoms with Crippen LogP contribution in [0.2, 0.25) is 0 Å². The van der Waals surface area contributed by atoms with E-state index < -0.39 is 34.3 Å². The van der Waals surface area contributed by atoms with E-state index in [1.54, 1.807) is 79.0 Å². The number of pyridine rings is 1. The quantitative estimate of drug-likeness (QED) is 0.414. The monoisotopic (exact) mass is 502 g/mol. The van der Waals surface area contributed by atoms with E-state index in [-0.39, 0.29) is 10.6 Å². The van der Waals surface area contributed by atoms with Crippen LogP contribution < -0.4 is 19.7 Å². The number of methoxy groups -OCH3 is 1. The lowest BCUT2D eigenvalue weighted by molar-refractivity contribution is -0.122. The second-order valence-corrected chi connectivity index (χ2v) is 9.89. The van der Waals surface area contributed by atoms with Crippen molar-refractivity contribution in [3.8, 4) is 5.75 Å². The fraction of sp³-hybridized carbons (Fsp3) is 0.115. The van der Waals surface area contributed by atoms with Crippen LogP contribution in [0.5, 0.6) is 5.75 Å². The maximum absolute atomic E-state index is 14.1. The Labute approximate surface area is 207 Å². The van der Waals surface area contributed by atoms with Gasteiger partial charge < -0.3 is 15.4 Å². The average Bonchev–Trinajstić information content (AvgIpc) is 2.88. The molecule has 5 rings (SSSR count). The van der Waals surface area contributed by atoms with Crippen molar-refractivity contribution < 1.29 is 22.7 Å². The Morgan fingerprint density at radius 2 is 1.81 bits per heavy atom. The third-order valence-corrected chi connectivity index (χ3v) is 7.77. The molecule has 3 aromatic carbocycles. The first kappa shape index (κ1) is 23.3. The highest BCUT2D eigenvalue weighted by Crippen LogP contribution is 2.38. The van der Waals surface area contributed by atoms with Gasteiger partial charge in [-0.3, -0.25) is 18.9 Å². The second kappa shape index (κ2) is 9.31. The summed E-state index contributed by atoms with van der Waals surface area (Å²) in [6.07, 6.45) is 1.16. The molecule has 0 aliphatic carbocycles. The van der Waals surface area contributed by atoms with E-state index in [1.807, 2.05) is 0 Å². The lowest BCUT2D eigenvalue weighted by Crippen LogP contribution is -2.52. The Kier molecular flexibility index (Phi) is 6.03. The van der Waals surface area contributed by atoms with Gasteiger partial charge in [0.2, 0.25) is 11.8 Å². The van der Waals surface area contributed by atoms with Crippen molar-refractivity contribution in [3.05, 3.63) is 85.1 Å². The molecule has 10 heteroatoms. The number of carbonyl (C=O) groups is 2. The molecule has 4 aromatic rings. The molecule has 36 heavy (non-hydrogen) atoms. The van der Waals surface area contributed by atoms with Crippen LogP contribution in [-0.4, -0.2) is 38.4 Å². The summed E-state index contributed by atoms with van der Waals surface area (Å²) >= 11 is 0. The molecular weight excluding hydrogens is 480 g/mol. The molecule has 182 valence electrons. The first-order valence-corrected chi connectivity index (χ1v) is 12.5. The minimum absolute atomic E-state index is 0.00672. The number of anilines is 3. The summed E-state index contributed by atoms with van der Waals surface area (Å²) in [5, 5.41) is 5.87. The molecule has 9 nitrogen and oxygen atoms in total. The molecule has 1 aromatic heterocycles. The number of para-hydroxylation sites is 4. The average molecular weight is 503 g/mol. The second-order valence-electron chi connectivity index (χ2n) is 8.10. The first-order chi connectivity index (χ1) is 17.4. The van der Waals surface area contributed by atoms with Crippen molar-refractivity contribution in [2.75, 3.05) is 22.0 Å². The summed E-state index contributed by atoms with van der Waals surface area (Å²) in [4.78, 5) is 30.5. The number of benzene rings is 3. The van der Waals surface area contributed by atoms with Gasteiger partial charge in [0, 0.05) is 11.6 Å². The van der Waals surface area contributed by atoms with Gasteiger partial charge in [0.05, 0.1) is 41.0 Å². The maximum atomic E-state index is 14.1. The van der Waals surface area contributed by atoms with Gasteiger partial charge in [-0.2, -0.15) is 0 Å². The predicted molar refractivity (Wildman–Crippen MR) is 137 cm³/mol. The topological polar surface area (TPSA) is 118 Å². The van der Waals surface area contributed by atoms with E-state index in [1.165, 1.54) is 13.2 Å². The third-order valence-electron chi connectivity index (χ3n) is 5.89. The van der Waals surface area contributed by atoms with Gasteiger partial charge in [0.1, 0.15) is 11.8 Å². The van der Waals surface area contributed by atoms with Gasteiger partial charge in [-0.25, -0.2) is 8.42 Å². The zero-order valence-corrected chi connectivity index (χ0v) is 20.0. The van der Waals surface area contributed by atoms with Crippen LogP contribution in [0.4, 0.5) is 17.1 Å². The molecular formula is C26H22N4O5S. The smallest absolute Gasteiger partial charge is 0.265 e. The SMILES string of the molecule is COc1ccccc1NC(=O)C[C@@H]1C(=O)Nc2ccccc2N1S(=O)(=O)c1cccc2ncccc12. The van der Waals surface area contributed by atoms with E-state index in [4.69, 9.17) is 4.74 Å². The summed E-state index contributed by atoms with van der Waals surface area (Å²) in [6, 6.07) is 20.2. The Morgan fingerprint density at radius 3 is 2.64 bits per heavy atom. The van der Waals surface area contributed by atoms with Crippen molar-refractivity contribution in [1.82, 2.24) is 4.98 Å². The highest BCUT2D eigenvalue weighted by molar-refractivity contribution is 7.93.